The fraction of sp³-hybridized carbons (Fsp3) is 0.476. The molecule has 0 radical (unpaired) electrons. The van der Waals surface area contributed by atoms with Crippen molar-refractivity contribution in [2.75, 3.05) is 26.2 Å². The van der Waals surface area contributed by atoms with E-state index in [1.165, 1.54) is 0 Å². The number of carbonyl (C=O) groups excluding carboxylic acids is 1. The lowest BCUT2D eigenvalue weighted by Gasteiger charge is -2.34. The van der Waals surface area contributed by atoms with Crippen molar-refractivity contribution in [2.24, 2.45) is 0 Å². The maximum atomic E-state index is 12.5. The lowest BCUT2D eigenvalue weighted by molar-refractivity contribution is 0.0795. The molecule has 0 saturated carbocycles. The molecule has 1 aromatic carbocycles. The Kier molecular flexibility index (Phi) is 4.72. The number of hydrogen-bond acceptors (Lipinski definition) is 3. The van der Waals surface area contributed by atoms with Gasteiger partial charge in [-0.1, -0.05) is 12.2 Å². The normalized spacial score (nSPS) is 19.0. The number of amides is 1. The first kappa shape index (κ1) is 17.2. The molecule has 0 spiro atoms. The van der Waals surface area contributed by atoms with Crippen LogP contribution in [-0.4, -0.2) is 59.0 Å². The van der Waals surface area contributed by atoms with Crippen LogP contribution in [0.1, 0.15) is 37.2 Å². The number of aromatic amines is 1. The number of hydrogen-bond donors (Lipinski definition) is 1. The molecule has 0 atom stereocenters. The van der Waals surface area contributed by atoms with E-state index in [2.05, 4.69) is 23.7 Å². The highest BCUT2D eigenvalue weighted by Gasteiger charge is 2.22. The maximum absolute atomic E-state index is 12.5. The molecular weight excluding hydrogens is 326 g/mol. The van der Waals surface area contributed by atoms with Gasteiger partial charge in [-0.25, -0.2) is 0 Å². The second-order valence-electron chi connectivity index (χ2n) is 7.56. The number of nitrogens with zero attached hydrogens (tertiary/aromatic N) is 2. The highest BCUT2D eigenvalue weighted by atomic mass is 16.5. The Labute approximate surface area is 154 Å². The molecule has 0 unspecified atom stereocenters. The molecule has 4 rings (SSSR count). The SMILES string of the molecule is CC(C)N1CCC(Oc2ccc3[nH]c(C(=O)N4CC=CC4)cc3c2)CC1. The molecule has 2 aliphatic rings. The summed E-state index contributed by atoms with van der Waals surface area (Å²) in [5.41, 5.74) is 1.62. The summed E-state index contributed by atoms with van der Waals surface area (Å²) >= 11 is 0. The first-order valence-corrected chi connectivity index (χ1v) is 9.58. The molecule has 26 heavy (non-hydrogen) atoms. The molecule has 3 heterocycles. The Morgan fingerprint density at radius 1 is 1.15 bits per heavy atom. The van der Waals surface area contributed by atoms with Crippen molar-refractivity contribution in [2.45, 2.75) is 38.8 Å². The number of likely N-dealkylation sites (tertiary alicyclic amines) is 1. The molecule has 0 aliphatic carbocycles. The summed E-state index contributed by atoms with van der Waals surface area (Å²) in [5.74, 6) is 0.941. The molecule has 5 nitrogen and oxygen atoms in total. The number of fused-ring (bicyclic) bond motifs is 1. The first-order valence-electron chi connectivity index (χ1n) is 9.58. The van der Waals surface area contributed by atoms with Crippen LogP contribution in [0.3, 0.4) is 0 Å². The minimum atomic E-state index is 0.0507. The highest BCUT2D eigenvalue weighted by molar-refractivity contribution is 5.98. The highest BCUT2D eigenvalue weighted by Crippen LogP contribution is 2.25. The number of nitrogens with one attached hydrogen (secondary N) is 1. The summed E-state index contributed by atoms with van der Waals surface area (Å²) in [6.07, 6.45) is 6.45. The predicted octanol–water partition coefficient (Wildman–Crippen LogP) is 3.43. The number of piperidine rings is 1. The van der Waals surface area contributed by atoms with Gasteiger partial charge in [-0.05, 0) is 51.0 Å². The fourth-order valence-corrected chi connectivity index (χ4v) is 3.82. The zero-order valence-electron chi connectivity index (χ0n) is 15.6. The van der Waals surface area contributed by atoms with E-state index in [0.717, 1.165) is 42.6 Å². The van der Waals surface area contributed by atoms with Crippen LogP contribution in [0.25, 0.3) is 10.9 Å². The Hall–Kier alpha value is -2.27. The summed E-state index contributed by atoms with van der Waals surface area (Å²) in [7, 11) is 0. The second kappa shape index (κ2) is 7.16. The monoisotopic (exact) mass is 353 g/mol. The van der Waals surface area contributed by atoms with Crippen LogP contribution in [0.2, 0.25) is 0 Å². The van der Waals surface area contributed by atoms with Crippen LogP contribution in [-0.2, 0) is 0 Å². The van der Waals surface area contributed by atoms with E-state index >= 15 is 0 Å². The van der Waals surface area contributed by atoms with Gasteiger partial charge in [0.25, 0.3) is 5.91 Å². The van der Waals surface area contributed by atoms with Crippen LogP contribution in [0, 0.1) is 0 Å². The molecule has 1 saturated heterocycles. The molecule has 1 fully saturated rings. The Balaban J connectivity index is 1.43. The van der Waals surface area contributed by atoms with Crippen LogP contribution in [0.4, 0.5) is 0 Å². The van der Waals surface area contributed by atoms with Gasteiger partial charge in [0.1, 0.15) is 17.5 Å². The second-order valence-corrected chi connectivity index (χ2v) is 7.56. The standard InChI is InChI=1S/C21H27N3O2/c1-15(2)23-11-7-17(8-12-23)26-18-5-6-19-16(13-18)14-20(22-19)21(25)24-9-3-4-10-24/h3-6,13-15,17,22H,7-12H2,1-2H3. The van der Waals surface area contributed by atoms with Gasteiger partial charge in [0.2, 0.25) is 0 Å². The van der Waals surface area contributed by atoms with E-state index in [1.807, 2.05) is 41.3 Å². The number of ether oxygens (including phenoxy) is 1. The van der Waals surface area contributed by atoms with E-state index in [4.69, 9.17) is 4.74 Å². The molecule has 0 bridgehead atoms. The Morgan fingerprint density at radius 2 is 1.88 bits per heavy atom. The average Bonchev–Trinajstić information content (AvgIpc) is 3.31. The number of H-pyrrole nitrogens is 1. The molecule has 1 N–H and O–H groups in total. The number of carbonyl (C=O) groups is 1. The van der Waals surface area contributed by atoms with Crippen molar-refractivity contribution in [3.63, 3.8) is 0 Å². The van der Waals surface area contributed by atoms with Crippen molar-refractivity contribution in [1.29, 1.82) is 0 Å². The first-order chi connectivity index (χ1) is 12.6. The van der Waals surface area contributed by atoms with Crippen molar-refractivity contribution in [3.05, 3.63) is 42.1 Å². The average molecular weight is 353 g/mol. The summed E-state index contributed by atoms with van der Waals surface area (Å²) in [4.78, 5) is 20.1. The molecular formula is C21H27N3O2. The molecule has 1 aromatic heterocycles. The quantitative estimate of drug-likeness (QED) is 0.857. The zero-order valence-corrected chi connectivity index (χ0v) is 15.6. The Bertz CT molecular complexity index is 808. The third-order valence-electron chi connectivity index (χ3n) is 5.44. The summed E-state index contributed by atoms with van der Waals surface area (Å²) in [5, 5.41) is 1.03. The predicted molar refractivity (Wildman–Crippen MR) is 104 cm³/mol. The smallest absolute Gasteiger partial charge is 0.270 e. The van der Waals surface area contributed by atoms with Gasteiger partial charge in [0.05, 0.1) is 0 Å². The van der Waals surface area contributed by atoms with Gasteiger partial charge in [0.15, 0.2) is 0 Å². The molecule has 1 amide bonds. The van der Waals surface area contributed by atoms with Crippen molar-refractivity contribution in [3.8, 4) is 5.75 Å². The van der Waals surface area contributed by atoms with E-state index in [9.17, 15) is 4.79 Å². The van der Waals surface area contributed by atoms with Crippen molar-refractivity contribution < 1.29 is 9.53 Å². The summed E-state index contributed by atoms with van der Waals surface area (Å²) in [6.45, 7) is 8.07. The van der Waals surface area contributed by atoms with E-state index in [0.29, 0.717) is 24.8 Å². The molecule has 2 aliphatic heterocycles. The maximum Gasteiger partial charge on any atom is 0.270 e. The van der Waals surface area contributed by atoms with Gasteiger partial charge in [-0.2, -0.15) is 0 Å². The molecule has 138 valence electrons. The van der Waals surface area contributed by atoms with Gasteiger partial charge < -0.3 is 19.5 Å². The van der Waals surface area contributed by atoms with E-state index in [1.54, 1.807) is 0 Å². The molecule has 2 aromatic rings. The van der Waals surface area contributed by atoms with E-state index in [-0.39, 0.29) is 12.0 Å². The third kappa shape index (κ3) is 3.49. The summed E-state index contributed by atoms with van der Waals surface area (Å²) < 4.78 is 6.22. The topological polar surface area (TPSA) is 48.6 Å². The molecule has 5 heteroatoms. The Morgan fingerprint density at radius 3 is 2.58 bits per heavy atom. The van der Waals surface area contributed by atoms with Crippen LogP contribution in [0.5, 0.6) is 5.75 Å². The van der Waals surface area contributed by atoms with Crippen molar-refractivity contribution in [1.82, 2.24) is 14.8 Å². The van der Waals surface area contributed by atoms with Crippen LogP contribution in [0.15, 0.2) is 36.4 Å². The van der Waals surface area contributed by atoms with Crippen molar-refractivity contribution >= 4 is 16.8 Å². The van der Waals surface area contributed by atoms with Gasteiger partial charge in [-0.3, -0.25) is 4.79 Å². The van der Waals surface area contributed by atoms with E-state index < -0.39 is 0 Å². The largest absolute Gasteiger partial charge is 0.490 e. The van der Waals surface area contributed by atoms with Gasteiger partial charge >= 0.3 is 0 Å². The van der Waals surface area contributed by atoms with Gasteiger partial charge in [-0.15, -0.1) is 0 Å². The van der Waals surface area contributed by atoms with Crippen LogP contribution < -0.4 is 4.74 Å². The lowest BCUT2D eigenvalue weighted by atomic mass is 10.1. The summed E-state index contributed by atoms with van der Waals surface area (Å²) in [6, 6.07) is 8.59. The zero-order chi connectivity index (χ0) is 18.1. The van der Waals surface area contributed by atoms with Crippen LogP contribution >= 0.6 is 0 Å². The number of benzene rings is 1. The third-order valence-corrected chi connectivity index (χ3v) is 5.44. The fourth-order valence-electron chi connectivity index (χ4n) is 3.82. The number of rotatable bonds is 4. The lowest BCUT2D eigenvalue weighted by Crippen LogP contribution is -2.41. The van der Waals surface area contributed by atoms with Gasteiger partial charge in [0, 0.05) is 43.1 Å². The minimum Gasteiger partial charge on any atom is -0.490 e. The number of aromatic nitrogens is 1. The minimum absolute atomic E-state index is 0.0507.